The number of hydrogen-bond donors (Lipinski definition) is 2. The number of H-pyrrole nitrogens is 1. The first kappa shape index (κ1) is 21.9. The molecule has 0 fully saturated rings. The Morgan fingerprint density at radius 1 is 1.12 bits per heavy atom. The van der Waals surface area contributed by atoms with Crippen LogP contribution >= 0.6 is 0 Å². The summed E-state index contributed by atoms with van der Waals surface area (Å²) in [5, 5.41) is 15.7. The minimum absolute atomic E-state index is 0.0388. The van der Waals surface area contributed by atoms with Gasteiger partial charge in [0.2, 0.25) is 5.91 Å². The van der Waals surface area contributed by atoms with Gasteiger partial charge < -0.3 is 5.32 Å². The molecule has 2 aliphatic rings. The van der Waals surface area contributed by atoms with E-state index in [1.807, 2.05) is 6.20 Å². The molecule has 0 spiro atoms. The molecule has 2 aromatic heterocycles. The van der Waals surface area contributed by atoms with E-state index in [0.29, 0.717) is 12.8 Å². The number of carbonyl (C=O) groups excluding carboxylic acids is 1. The number of nitrogens with one attached hydrogen (secondary N) is 2. The zero-order valence-corrected chi connectivity index (χ0v) is 20.1. The van der Waals surface area contributed by atoms with E-state index >= 15 is 0 Å². The van der Waals surface area contributed by atoms with Crippen LogP contribution in [0.2, 0.25) is 0 Å². The van der Waals surface area contributed by atoms with E-state index in [-0.39, 0.29) is 17.4 Å². The van der Waals surface area contributed by atoms with Crippen molar-refractivity contribution in [3.63, 3.8) is 0 Å². The number of rotatable bonds is 5. The number of aromatic nitrogens is 4. The van der Waals surface area contributed by atoms with Crippen LogP contribution in [0.25, 0.3) is 5.69 Å². The Morgan fingerprint density at radius 2 is 1.91 bits per heavy atom. The molecule has 0 saturated heterocycles. The van der Waals surface area contributed by atoms with E-state index in [2.05, 4.69) is 65.2 Å². The lowest BCUT2D eigenvalue weighted by atomic mass is 9.87. The summed E-state index contributed by atoms with van der Waals surface area (Å²) in [5.74, 6) is 0.0997. The Labute approximate surface area is 196 Å². The highest BCUT2D eigenvalue weighted by molar-refractivity contribution is 5.76. The van der Waals surface area contributed by atoms with Gasteiger partial charge in [0.1, 0.15) is 0 Å². The summed E-state index contributed by atoms with van der Waals surface area (Å²) in [6.07, 6.45) is 10.8. The van der Waals surface area contributed by atoms with Crippen molar-refractivity contribution in [2.75, 3.05) is 0 Å². The third-order valence-corrected chi connectivity index (χ3v) is 7.23. The van der Waals surface area contributed by atoms with Crippen molar-refractivity contribution in [2.24, 2.45) is 0 Å². The molecule has 0 bridgehead atoms. The first-order chi connectivity index (χ1) is 15.9. The lowest BCUT2D eigenvalue weighted by molar-refractivity contribution is -0.121. The van der Waals surface area contributed by atoms with E-state index in [0.717, 1.165) is 49.0 Å². The van der Waals surface area contributed by atoms with Gasteiger partial charge in [-0.25, -0.2) is 4.68 Å². The molecule has 33 heavy (non-hydrogen) atoms. The van der Waals surface area contributed by atoms with E-state index in [1.54, 1.807) is 0 Å². The molecule has 1 aromatic carbocycles. The van der Waals surface area contributed by atoms with Crippen LogP contribution in [-0.4, -0.2) is 25.9 Å². The largest absolute Gasteiger partial charge is 0.349 e. The zero-order valence-electron chi connectivity index (χ0n) is 20.1. The van der Waals surface area contributed by atoms with Crippen LogP contribution < -0.4 is 5.32 Å². The number of hydrogen-bond acceptors (Lipinski definition) is 3. The Hall–Kier alpha value is -2.89. The maximum absolute atomic E-state index is 12.8. The maximum atomic E-state index is 12.8. The number of benzene rings is 1. The minimum atomic E-state index is 0.0388. The molecular weight excluding hydrogens is 410 g/mol. The second-order valence-electron chi connectivity index (χ2n) is 10.6. The van der Waals surface area contributed by atoms with Crippen LogP contribution in [0, 0.1) is 0 Å². The first-order valence-electron chi connectivity index (χ1n) is 12.4. The van der Waals surface area contributed by atoms with Gasteiger partial charge in [-0.3, -0.25) is 9.89 Å². The van der Waals surface area contributed by atoms with Gasteiger partial charge in [-0.1, -0.05) is 32.9 Å². The predicted molar refractivity (Wildman–Crippen MR) is 130 cm³/mol. The summed E-state index contributed by atoms with van der Waals surface area (Å²) in [7, 11) is 0. The zero-order chi connectivity index (χ0) is 23.0. The summed E-state index contributed by atoms with van der Waals surface area (Å²) in [6.45, 7) is 6.68. The van der Waals surface area contributed by atoms with Gasteiger partial charge in [0.25, 0.3) is 0 Å². The molecule has 0 unspecified atom stereocenters. The fourth-order valence-electron chi connectivity index (χ4n) is 5.29. The van der Waals surface area contributed by atoms with Gasteiger partial charge in [-0.05, 0) is 73.6 Å². The van der Waals surface area contributed by atoms with Crippen molar-refractivity contribution in [1.29, 1.82) is 0 Å². The molecule has 174 valence electrons. The molecule has 6 heteroatoms. The summed E-state index contributed by atoms with van der Waals surface area (Å²) < 4.78 is 2.05. The number of fused-ring (bicyclic) bond motifs is 2. The normalized spacial score (nSPS) is 18.0. The summed E-state index contributed by atoms with van der Waals surface area (Å²) in [4.78, 5) is 12.8. The number of aryl methyl sites for hydroxylation is 2. The van der Waals surface area contributed by atoms with E-state index < -0.39 is 0 Å². The lowest BCUT2D eigenvalue weighted by Gasteiger charge is -2.24. The van der Waals surface area contributed by atoms with Crippen LogP contribution in [0.5, 0.6) is 0 Å². The monoisotopic (exact) mass is 445 g/mol. The molecule has 1 amide bonds. The van der Waals surface area contributed by atoms with Gasteiger partial charge in [-0.2, -0.15) is 10.2 Å². The topological polar surface area (TPSA) is 75.6 Å². The van der Waals surface area contributed by atoms with Crippen LogP contribution in [0.4, 0.5) is 0 Å². The van der Waals surface area contributed by atoms with E-state index in [1.165, 1.54) is 35.4 Å². The molecule has 0 radical (unpaired) electrons. The highest BCUT2D eigenvalue weighted by atomic mass is 16.1. The smallest absolute Gasteiger partial charge is 0.220 e. The molecule has 0 saturated carbocycles. The fourth-order valence-corrected chi connectivity index (χ4v) is 5.29. The molecule has 2 N–H and O–H groups in total. The predicted octanol–water partition coefficient (Wildman–Crippen LogP) is 4.90. The third kappa shape index (κ3) is 4.48. The van der Waals surface area contributed by atoms with Crippen molar-refractivity contribution < 1.29 is 4.79 Å². The van der Waals surface area contributed by atoms with Crippen molar-refractivity contribution in [3.8, 4) is 5.69 Å². The van der Waals surface area contributed by atoms with Crippen molar-refractivity contribution >= 4 is 5.91 Å². The maximum Gasteiger partial charge on any atom is 0.220 e. The number of nitrogens with zero attached hydrogens (tertiary/aromatic N) is 3. The Kier molecular flexibility index (Phi) is 5.85. The van der Waals surface area contributed by atoms with Gasteiger partial charge >= 0.3 is 0 Å². The summed E-state index contributed by atoms with van der Waals surface area (Å²) in [5.41, 5.74) is 8.62. The average molecular weight is 446 g/mol. The average Bonchev–Trinajstić information content (AvgIpc) is 3.42. The molecule has 1 atom stereocenters. The number of carbonyl (C=O) groups is 1. The molecule has 3 aromatic rings. The fraction of sp³-hybridized carbons (Fsp3) is 0.519. The summed E-state index contributed by atoms with van der Waals surface area (Å²) in [6, 6.07) is 8.73. The van der Waals surface area contributed by atoms with Crippen LogP contribution in [-0.2, 0) is 35.9 Å². The molecule has 6 nitrogen and oxygen atoms in total. The molecule has 0 aliphatic heterocycles. The standard InChI is InChI=1S/C27H35N5O/c1-27(2,3)18-11-13-19(14-12-18)32-25-10-6-9-22(21(25)17-28-32)29-26(33)16-15-24-20-7-4-5-8-23(20)30-31-24/h11-14,17,22H,4-10,15-16H2,1-3H3,(H,29,33)(H,30,31)/t22-/m1/s1. The van der Waals surface area contributed by atoms with Crippen LogP contribution in [0.3, 0.4) is 0 Å². The molecule has 5 rings (SSSR count). The Bertz CT molecular complexity index is 1130. The Balaban J connectivity index is 1.26. The van der Waals surface area contributed by atoms with Crippen molar-refractivity contribution in [1.82, 2.24) is 25.3 Å². The van der Waals surface area contributed by atoms with Gasteiger partial charge in [0.05, 0.1) is 23.6 Å². The first-order valence-corrected chi connectivity index (χ1v) is 12.4. The van der Waals surface area contributed by atoms with E-state index in [4.69, 9.17) is 5.10 Å². The van der Waals surface area contributed by atoms with Gasteiger partial charge in [0.15, 0.2) is 0 Å². The molecule has 2 aliphatic carbocycles. The van der Waals surface area contributed by atoms with Crippen molar-refractivity contribution in [2.45, 2.75) is 90.0 Å². The van der Waals surface area contributed by atoms with Crippen molar-refractivity contribution in [3.05, 3.63) is 64.2 Å². The van der Waals surface area contributed by atoms with E-state index in [9.17, 15) is 4.79 Å². The SMILES string of the molecule is CC(C)(C)c1ccc(-n2ncc3c2CCC[C@H]3NC(=O)CCc2n[nH]c3c2CCCC3)cc1. The van der Waals surface area contributed by atoms with Crippen LogP contribution in [0.1, 0.15) is 92.7 Å². The third-order valence-electron chi connectivity index (χ3n) is 7.23. The molecular formula is C27H35N5O. The second kappa shape index (κ2) is 8.81. The highest BCUT2D eigenvalue weighted by Crippen LogP contribution is 2.32. The number of amides is 1. The van der Waals surface area contributed by atoms with Gasteiger partial charge in [-0.15, -0.1) is 0 Å². The van der Waals surface area contributed by atoms with Gasteiger partial charge in [0, 0.05) is 29.8 Å². The second-order valence-corrected chi connectivity index (χ2v) is 10.6. The van der Waals surface area contributed by atoms with Crippen LogP contribution in [0.15, 0.2) is 30.5 Å². The minimum Gasteiger partial charge on any atom is -0.349 e. The quantitative estimate of drug-likeness (QED) is 0.587. The highest BCUT2D eigenvalue weighted by Gasteiger charge is 2.26. The number of aromatic amines is 1. The lowest BCUT2D eigenvalue weighted by Crippen LogP contribution is -2.31. The Morgan fingerprint density at radius 3 is 2.70 bits per heavy atom. The summed E-state index contributed by atoms with van der Waals surface area (Å²) >= 11 is 0. The molecule has 2 heterocycles.